The first-order valence-corrected chi connectivity index (χ1v) is 13.4. The Morgan fingerprint density at radius 1 is 0.950 bits per heavy atom. The highest BCUT2D eigenvalue weighted by Gasteiger charge is 2.34. The summed E-state index contributed by atoms with van der Waals surface area (Å²) < 4.78 is 0. The molecule has 1 heterocycles. The van der Waals surface area contributed by atoms with Crippen LogP contribution in [-0.2, 0) is 16.0 Å². The fraction of sp³-hybridized carbons (Fsp3) is 0.167. The smallest absolute Gasteiger partial charge is 0.337 e. The predicted molar refractivity (Wildman–Crippen MR) is 154 cm³/mol. The Morgan fingerprint density at radius 2 is 1.68 bits per heavy atom. The lowest BCUT2D eigenvalue weighted by atomic mass is 10.1. The van der Waals surface area contributed by atoms with Crippen LogP contribution in [0.3, 0.4) is 0 Å². The van der Waals surface area contributed by atoms with Gasteiger partial charge < -0.3 is 15.7 Å². The zero-order chi connectivity index (χ0) is 28.6. The minimum absolute atomic E-state index is 0.0195. The molecule has 0 unspecified atom stereocenters. The average Bonchev–Trinajstić information content (AvgIpc) is 3.21. The van der Waals surface area contributed by atoms with E-state index < -0.39 is 17.8 Å². The number of aromatic carboxylic acids is 1. The van der Waals surface area contributed by atoms with Crippen molar-refractivity contribution >= 4 is 58.1 Å². The van der Waals surface area contributed by atoms with Gasteiger partial charge in [0.15, 0.2) is 0 Å². The number of nitrogens with one attached hydrogen (secondary N) is 2. The molecule has 0 saturated carbocycles. The molecular formula is C30H27N3O6S. The van der Waals surface area contributed by atoms with Crippen molar-refractivity contribution in [2.24, 2.45) is 0 Å². The van der Waals surface area contributed by atoms with Crippen LogP contribution in [0, 0.1) is 0 Å². The number of carboxylic acid groups (broad SMARTS) is 1. The standard InChI is InChI=1S/C30H27N3O6S/c1-2-19-10-12-20(13-11-19)17-25-28(36)33(30(39)40-25)16-6-9-26(34)31-22-14-15-23(29(37)38)24(18-22)32-27(35)21-7-4-3-5-8-21/h3-5,7-8,10-15,17-18H,2,6,9,16H2,1H3,(H,31,34)(H,32,35)(H,37,38)/b25-17-. The molecule has 0 atom stereocenters. The van der Waals surface area contributed by atoms with Gasteiger partial charge >= 0.3 is 5.97 Å². The Hall–Kier alpha value is -4.70. The quantitative estimate of drug-likeness (QED) is 0.274. The van der Waals surface area contributed by atoms with Crippen molar-refractivity contribution < 1.29 is 29.1 Å². The average molecular weight is 558 g/mol. The van der Waals surface area contributed by atoms with E-state index in [0.717, 1.165) is 28.6 Å². The van der Waals surface area contributed by atoms with E-state index in [2.05, 4.69) is 17.6 Å². The van der Waals surface area contributed by atoms with Gasteiger partial charge in [-0.25, -0.2) is 4.79 Å². The lowest BCUT2D eigenvalue weighted by Gasteiger charge is -2.13. The molecule has 4 amide bonds. The van der Waals surface area contributed by atoms with Gasteiger partial charge in [-0.2, -0.15) is 0 Å². The van der Waals surface area contributed by atoms with Crippen LogP contribution >= 0.6 is 11.8 Å². The molecule has 3 aromatic carbocycles. The minimum atomic E-state index is -1.23. The first-order valence-electron chi connectivity index (χ1n) is 12.6. The van der Waals surface area contributed by atoms with Crippen LogP contribution in [0.25, 0.3) is 6.08 Å². The van der Waals surface area contributed by atoms with Gasteiger partial charge in [-0.1, -0.05) is 49.4 Å². The monoisotopic (exact) mass is 557 g/mol. The van der Waals surface area contributed by atoms with Crippen LogP contribution in [0.1, 0.15) is 51.6 Å². The van der Waals surface area contributed by atoms with Crippen molar-refractivity contribution in [3.8, 4) is 0 Å². The van der Waals surface area contributed by atoms with Crippen molar-refractivity contribution in [2.75, 3.05) is 17.2 Å². The summed E-state index contributed by atoms with van der Waals surface area (Å²) in [6.07, 6.45) is 2.86. The first-order chi connectivity index (χ1) is 19.2. The minimum Gasteiger partial charge on any atom is -0.478 e. The predicted octanol–water partition coefficient (Wildman–Crippen LogP) is 5.65. The maximum Gasteiger partial charge on any atom is 0.337 e. The Balaban J connectivity index is 1.34. The second-order valence-electron chi connectivity index (χ2n) is 8.97. The number of amides is 4. The fourth-order valence-corrected chi connectivity index (χ4v) is 4.88. The summed E-state index contributed by atoms with van der Waals surface area (Å²) in [6.45, 7) is 2.14. The van der Waals surface area contributed by atoms with Gasteiger partial charge in [-0.15, -0.1) is 0 Å². The summed E-state index contributed by atoms with van der Waals surface area (Å²) in [5.74, 6) is -2.50. The molecule has 10 heteroatoms. The van der Waals surface area contributed by atoms with Crippen LogP contribution in [0.15, 0.2) is 77.7 Å². The van der Waals surface area contributed by atoms with E-state index in [0.29, 0.717) is 16.2 Å². The van der Waals surface area contributed by atoms with Gasteiger partial charge in [0.05, 0.1) is 16.2 Å². The fourth-order valence-electron chi connectivity index (χ4n) is 4.01. The van der Waals surface area contributed by atoms with Crippen LogP contribution < -0.4 is 10.6 Å². The lowest BCUT2D eigenvalue weighted by Crippen LogP contribution is -2.29. The molecule has 9 nitrogen and oxygen atoms in total. The Bertz CT molecular complexity index is 1490. The number of hydrogen-bond acceptors (Lipinski definition) is 6. The molecular weight excluding hydrogens is 530 g/mol. The summed E-state index contributed by atoms with van der Waals surface area (Å²) in [4.78, 5) is 63.4. The van der Waals surface area contributed by atoms with Gasteiger partial charge in [-0.05, 0) is 72.1 Å². The lowest BCUT2D eigenvalue weighted by molar-refractivity contribution is -0.123. The van der Waals surface area contributed by atoms with Gasteiger partial charge in [0.1, 0.15) is 0 Å². The number of anilines is 2. The highest BCUT2D eigenvalue weighted by atomic mass is 32.2. The van der Waals surface area contributed by atoms with E-state index in [-0.39, 0.29) is 41.8 Å². The maximum absolute atomic E-state index is 12.8. The van der Waals surface area contributed by atoms with Crippen LogP contribution in [0.4, 0.5) is 16.2 Å². The molecule has 0 radical (unpaired) electrons. The highest BCUT2D eigenvalue weighted by Crippen LogP contribution is 2.32. The summed E-state index contributed by atoms with van der Waals surface area (Å²) in [5, 5.41) is 14.4. The number of rotatable bonds is 10. The number of imide groups is 1. The molecule has 1 aliphatic heterocycles. The number of benzene rings is 3. The number of nitrogens with zero attached hydrogens (tertiary/aromatic N) is 1. The zero-order valence-electron chi connectivity index (χ0n) is 21.7. The zero-order valence-corrected chi connectivity index (χ0v) is 22.5. The molecule has 40 heavy (non-hydrogen) atoms. The van der Waals surface area contributed by atoms with Crippen molar-refractivity contribution in [3.05, 3.63) is 100.0 Å². The molecule has 1 saturated heterocycles. The van der Waals surface area contributed by atoms with E-state index in [1.807, 2.05) is 24.3 Å². The van der Waals surface area contributed by atoms with Gasteiger partial charge in [0.2, 0.25) is 5.91 Å². The van der Waals surface area contributed by atoms with Crippen LogP contribution in [0.5, 0.6) is 0 Å². The normalized spacial score (nSPS) is 13.9. The third-order valence-electron chi connectivity index (χ3n) is 6.16. The number of carboxylic acids is 1. The Labute approximate surface area is 235 Å². The summed E-state index contributed by atoms with van der Waals surface area (Å²) in [7, 11) is 0. The number of thioether (sulfide) groups is 1. The molecule has 3 aromatic rings. The molecule has 1 fully saturated rings. The SMILES string of the molecule is CCc1ccc(/C=C2\SC(=O)N(CCCC(=O)Nc3ccc(C(=O)O)c(NC(=O)c4ccccc4)c3)C2=O)cc1. The molecule has 4 rings (SSSR count). The van der Waals surface area contributed by atoms with Gasteiger partial charge in [0.25, 0.3) is 17.1 Å². The molecule has 0 spiro atoms. The van der Waals surface area contributed by atoms with E-state index in [1.165, 1.54) is 23.8 Å². The first kappa shape index (κ1) is 28.3. The molecule has 204 valence electrons. The topological polar surface area (TPSA) is 133 Å². The summed E-state index contributed by atoms with van der Waals surface area (Å²) >= 11 is 0.872. The molecule has 0 aliphatic carbocycles. The molecule has 0 aromatic heterocycles. The van der Waals surface area contributed by atoms with Crippen molar-refractivity contribution in [1.82, 2.24) is 4.90 Å². The highest BCUT2D eigenvalue weighted by molar-refractivity contribution is 8.18. The Morgan fingerprint density at radius 3 is 2.35 bits per heavy atom. The third kappa shape index (κ3) is 7.03. The van der Waals surface area contributed by atoms with Crippen LogP contribution in [-0.4, -0.2) is 45.5 Å². The van der Waals surface area contributed by atoms with E-state index in [4.69, 9.17) is 0 Å². The van der Waals surface area contributed by atoms with Crippen LogP contribution in [0.2, 0.25) is 0 Å². The molecule has 3 N–H and O–H groups in total. The summed E-state index contributed by atoms with van der Waals surface area (Å²) in [5.41, 5.74) is 2.56. The van der Waals surface area contributed by atoms with E-state index in [9.17, 15) is 29.1 Å². The molecule has 0 bridgehead atoms. The van der Waals surface area contributed by atoms with Gasteiger partial charge in [-0.3, -0.25) is 24.1 Å². The largest absolute Gasteiger partial charge is 0.478 e. The number of carbonyl (C=O) groups is 5. The second kappa shape index (κ2) is 12.9. The molecule has 1 aliphatic rings. The van der Waals surface area contributed by atoms with Crippen molar-refractivity contribution in [1.29, 1.82) is 0 Å². The van der Waals surface area contributed by atoms with Gasteiger partial charge in [0, 0.05) is 24.2 Å². The number of carbonyl (C=O) groups excluding carboxylic acids is 4. The van der Waals surface area contributed by atoms with Crippen molar-refractivity contribution in [3.63, 3.8) is 0 Å². The number of hydrogen-bond donors (Lipinski definition) is 3. The Kier molecular flexibility index (Phi) is 9.13. The number of aryl methyl sites for hydroxylation is 1. The van der Waals surface area contributed by atoms with E-state index >= 15 is 0 Å². The third-order valence-corrected chi connectivity index (χ3v) is 7.07. The maximum atomic E-state index is 12.8. The van der Waals surface area contributed by atoms with Crippen molar-refractivity contribution in [2.45, 2.75) is 26.2 Å². The van der Waals surface area contributed by atoms with E-state index in [1.54, 1.807) is 36.4 Å². The second-order valence-corrected chi connectivity index (χ2v) is 9.96. The summed E-state index contributed by atoms with van der Waals surface area (Å²) in [6, 6.07) is 20.2.